The van der Waals surface area contributed by atoms with Gasteiger partial charge in [-0.25, -0.2) is 0 Å². The van der Waals surface area contributed by atoms with Crippen LogP contribution in [0.1, 0.15) is 62.5 Å². The third-order valence-corrected chi connectivity index (χ3v) is 4.16. The number of hydrogen-bond donors (Lipinski definition) is 0. The van der Waals surface area contributed by atoms with Gasteiger partial charge in [0.15, 0.2) is 0 Å². The molecule has 1 nitrogen and oxygen atoms in total. The van der Waals surface area contributed by atoms with Gasteiger partial charge in [-0.1, -0.05) is 43.7 Å². The molecule has 0 bridgehead atoms. The van der Waals surface area contributed by atoms with Crippen LogP contribution in [0.3, 0.4) is 0 Å². The summed E-state index contributed by atoms with van der Waals surface area (Å²) in [4.78, 5) is 0. The van der Waals surface area contributed by atoms with Gasteiger partial charge < -0.3 is 0 Å². The largest absolute Gasteiger partial charge is 0.192 e. The van der Waals surface area contributed by atoms with Gasteiger partial charge in [0.05, 0.1) is 11.6 Å². The zero-order valence-corrected chi connectivity index (χ0v) is 11.8. The maximum Gasteiger partial charge on any atom is 0.0994 e. The van der Waals surface area contributed by atoms with E-state index in [-0.39, 0.29) is 0 Å². The molecule has 0 N–H and O–H groups in total. The fourth-order valence-corrected chi connectivity index (χ4v) is 3.03. The molecule has 1 saturated carbocycles. The van der Waals surface area contributed by atoms with Crippen molar-refractivity contribution >= 4 is 0 Å². The summed E-state index contributed by atoms with van der Waals surface area (Å²) < 4.78 is 0. The van der Waals surface area contributed by atoms with Crippen LogP contribution in [0.4, 0.5) is 0 Å². The molecule has 1 fully saturated rings. The first-order chi connectivity index (χ1) is 9.35. The molecular formula is C18H23N. The predicted octanol–water partition coefficient (Wildman–Crippen LogP) is 5.19. The van der Waals surface area contributed by atoms with Gasteiger partial charge >= 0.3 is 0 Å². The Morgan fingerprint density at radius 1 is 1.21 bits per heavy atom. The van der Waals surface area contributed by atoms with Gasteiger partial charge in [0.25, 0.3) is 0 Å². The number of benzene rings is 1. The highest BCUT2D eigenvalue weighted by molar-refractivity contribution is 5.39. The zero-order chi connectivity index (χ0) is 13.5. The summed E-state index contributed by atoms with van der Waals surface area (Å²) >= 11 is 0. The molecule has 1 aromatic rings. The number of allylic oxidation sites excluding steroid dienone is 2. The van der Waals surface area contributed by atoms with E-state index in [1.54, 1.807) is 0 Å². The Kier molecular flexibility index (Phi) is 5.21. The van der Waals surface area contributed by atoms with E-state index in [9.17, 15) is 5.26 Å². The van der Waals surface area contributed by atoms with Crippen molar-refractivity contribution in [3.63, 3.8) is 0 Å². The summed E-state index contributed by atoms with van der Waals surface area (Å²) in [6.07, 6.45) is 12.2. The van der Waals surface area contributed by atoms with Crippen LogP contribution < -0.4 is 0 Å². The van der Waals surface area contributed by atoms with Gasteiger partial charge in [-0.05, 0) is 55.6 Å². The van der Waals surface area contributed by atoms with E-state index in [0.717, 1.165) is 11.5 Å². The minimum absolute atomic E-state index is 0.590. The molecule has 0 unspecified atom stereocenters. The minimum Gasteiger partial charge on any atom is -0.192 e. The molecule has 1 heteroatoms. The van der Waals surface area contributed by atoms with E-state index in [4.69, 9.17) is 0 Å². The molecule has 0 atom stereocenters. The number of unbranched alkanes of at least 4 members (excludes halogenated alkanes) is 1. The molecule has 19 heavy (non-hydrogen) atoms. The maximum absolute atomic E-state index is 9.18. The molecule has 0 aliphatic heterocycles. The van der Waals surface area contributed by atoms with Crippen molar-refractivity contribution in [2.24, 2.45) is 5.92 Å². The Morgan fingerprint density at radius 2 is 1.95 bits per heavy atom. The quantitative estimate of drug-likeness (QED) is 0.677. The molecule has 0 aromatic heterocycles. The Bertz CT molecular complexity index is 459. The van der Waals surface area contributed by atoms with Crippen molar-refractivity contribution in [3.8, 4) is 6.07 Å². The average Bonchev–Trinajstić information content (AvgIpc) is 2.48. The lowest BCUT2D eigenvalue weighted by Crippen LogP contribution is -2.12. The minimum atomic E-state index is 0.590. The number of rotatable bonds is 4. The second kappa shape index (κ2) is 7.14. The van der Waals surface area contributed by atoms with Crippen molar-refractivity contribution in [2.75, 3.05) is 0 Å². The number of nitriles is 1. The average molecular weight is 253 g/mol. The van der Waals surface area contributed by atoms with Crippen molar-refractivity contribution in [2.45, 2.75) is 51.4 Å². The fourth-order valence-electron chi connectivity index (χ4n) is 3.03. The molecule has 0 radical (unpaired) electrons. The van der Waals surface area contributed by atoms with Crippen molar-refractivity contribution in [3.05, 3.63) is 47.5 Å². The van der Waals surface area contributed by atoms with E-state index in [1.807, 2.05) is 12.1 Å². The SMILES string of the molecule is CCCC=CC1CCC(c2ccccc2C#N)CC1. The van der Waals surface area contributed by atoms with Crippen LogP contribution >= 0.6 is 0 Å². The smallest absolute Gasteiger partial charge is 0.0994 e. The lowest BCUT2D eigenvalue weighted by molar-refractivity contribution is 0.375. The molecule has 1 aliphatic rings. The first-order valence-corrected chi connectivity index (χ1v) is 7.50. The van der Waals surface area contributed by atoms with Crippen LogP contribution in [0.25, 0.3) is 0 Å². The lowest BCUT2D eigenvalue weighted by Gasteiger charge is -2.27. The molecule has 0 heterocycles. The Hall–Kier alpha value is -1.55. The molecule has 1 aromatic carbocycles. The van der Waals surface area contributed by atoms with Crippen molar-refractivity contribution in [1.82, 2.24) is 0 Å². The topological polar surface area (TPSA) is 23.8 Å². The van der Waals surface area contributed by atoms with Crippen LogP contribution in [0.5, 0.6) is 0 Å². The van der Waals surface area contributed by atoms with E-state index in [2.05, 4.69) is 37.3 Å². The van der Waals surface area contributed by atoms with Crippen LogP contribution in [-0.2, 0) is 0 Å². The second-order valence-corrected chi connectivity index (χ2v) is 5.53. The summed E-state index contributed by atoms with van der Waals surface area (Å²) in [7, 11) is 0. The summed E-state index contributed by atoms with van der Waals surface area (Å²) in [5.41, 5.74) is 2.13. The highest BCUT2D eigenvalue weighted by Gasteiger charge is 2.22. The Balaban J connectivity index is 1.95. The van der Waals surface area contributed by atoms with Gasteiger partial charge in [-0.3, -0.25) is 0 Å². The van der Waals surface area contributed by atoms with Crippen LogP contribution in [-0.4, -0.2) is 0 Å². The Morgan fingerprint density at radius 3 is 2.63 bits per heavy atom. The summed E-state index contributed by atoms with van der Waals surface area (Å²) in [5, 5.41) is 9.18. The second-order valence-electron chi connectivity index (χ2n) is 5.53. The van der Waals surface area contributed by atoms with Gasteiger partial charge in [0.2, 0.25) is 0 Å². The maximum atomic E-state index is 9.18. The van der Waals surface area contributed by atoms with Gasteiger partial charge in [-0.15, -0.1) is 0 Å². The summed E-state index contributed by atoms with van der Waals surface area (Å²) in [6.45, 7) is 2.22. The monoisotopic (exact) mass is 253 g/mol. The molecule has 0 amide bonds. The molecule has 100 valence electrons. The molecular weight excluding hydrogens is 230 g/mol. The number of hydrogen-bond acceptors (Lipinski definition) is 1. The normalized spacial score (nSPS) is 23.4. The molecule has 2 rings (SSSR count). The summed E-state index contributed by atoms with van der Waals surface area (Å²) in [5.74, 6) is 1.35. The lowest BCUT2D eigenvalue weighted by atomic mass is 9.77. The first kappa shape index (κ1) is 13.9. The third kappa shape index (κ3) is 3.70. The third-order valence-electron chi connectivity index (χ3n) is 4.16. The highest BCUT2D eigenvalue weighted by Crippen LogP contribution is 2.37. The molecule has 0 spiro atoms. The fraction of sp³-hybridized carbons (Fsp3) is 0.500. The van der Waals surface area contributed by atoms with Gasteiger partial charge in [-0.2, -0.15) is 5.26 Å². The van der Waals surface area contributed by atoms with E-state index in [0.29, 0.717) is 5.92 Å². The van der Waals surface area contributed by atoms with Gasteiger partial charge in [0, 0.05) is 0 Å². The van der Waals surface area contributed by atoms with Crippen LogP contribution in [0, 0.1) is 17.2 Å². The van der Waals surface area contributed by atoms with Gasteiger partial charge in [0.1, 0.15) is 0 Å². The zero-order valence-electron chi connectivity index (χ0n) is 11.8. The number of nitrogens with zero attached hydrogens (tertiary/aromatic N) is 1. The standard InChI is InChI=1S/C18H23N/c1-2-3-4-7-15-10-12-16(13-11-15)18-9-6-5-8-17(18)14-19/h4-9,15-16H,2-3,10-13H2,1H3. The van der Waals surface area contributed by atoms with Crippen molar-refractivity contribution in [1.29, 1.82) is 5.26 Å². The van der Waals surface area contributed by atoms with Crippen LogP contribution in [0.15, 0.2) is 36.4 Å². The Labute approximate surface area is 117 Å². The predicted molar refractivity (Wildman–Crippen MR) is 79.9 cm³/mol. The first-order valence-electron chi connectivity index (χ1n) is 7.50. The van der Waals surface area contributed by atoms with E-state index >= 15 is 0 Å². The van der Waals surface area contributed by atoms with Crippen LogP contribution in [0.2, 0.25) is 0 Å². The van der Waals surface area contributed by atoms with Crippen molar-refractivity contribution < 1.29 is 0 Å². The summed E-state index contributed by atoms with van der Waals surface area (Å²) in [6, 6.07) is 10.4. The van der Waals surface area contributed by atoms with E-state index < -0.39 is 0 Å². The highest BCUT2D eigenvalue weighted by atomic mass is 14.3. The van der Waals surface area contributed by atoms with E-state index in [1.165, 1.54) is 44.1 Å². The molecule has 1 aliphatic carbocycles. The molecule has 0 saturated heterocycles.